The third kappa shape index (κ3) is 3.21. The zero-order valence-electron chi connectivity index (χ0n) is 5.87. The van der Waals surface area contributed by atoms with Gasteiger partial charge in [-0.1, -0.05) is 6.08 Å². The van der Waals surface area contributed by atoms with Crippen molar-refractivity contribution in [3.63, 3.8) is 0 Å². The SMILES string of the molecule is CC=C(C)C(=O)OC(O)O. The van der Waals surface area contributed by atoms with E-state index in [0.29, 0.717) is 5.57 Å². The molecule has 10 heavy (non-hydrogen) atoms. The number of hydrogen-bond donors (Lipinski definition) is 2. The summed E-state index contributed by atoms with van der Waals surface area (Å²) < 4.78 is 4.01. The van der Waals surface area contributed by atoms with Crippen molar-refractivity contribution in [2.24, 2.45) is 0 Å². The maximum Gasteiger partial charge on any atom is 0.337 e. The Balaban J connectivity index is 3.86. The highest BCUT2D eigenvalue weighted by Crippen LogP contribution is 1.96. The smallest absolute Gasteiger partial charge is 0.337 e. The molecule has 0 aliphatic carbocycles. The van der Waals surface area contributed by atoms with Gasteiger partial charge in [0.25, 0.3) is 0 Å². The lowest BCUT2D eigenvalue weighted by Crippen LogP contribution is -2.16. The second kappa shape index (κ2) is 4.03. The summed E-state index contributed by atoms with van der Waals surface area (Å²) in [5.74, 6) is -0.725. The standard InChI is InChI=1S/C6H10O4/c1-3-4(2)5(7)10-6(8)9/h3,6,8-9H,1-2H3. The average molecular weight is 146 g/mol. The van der Waals surface area contributed by atoms with Crippen LogP contribution < -0.4 is 0 Å². The van der Waals surface area contributed by atoms with Gasteiger partial charge in [0.1, 0.15) is 0 Å². The molecule has 4 heteroatoms. The molecule has 2 N–H and O–H groups in total. The van der Waals surface area contributed by atoms with Gasteiger partial charge in [0.2, 0.25) is 0 Å². The van der Waals surface area contributed by atoms with Crippen LogP contribution in [0.2, 0.25) is 0 Å². The minimum atomic E-state index is -2.03. The Morgan fingerprint density at radius 3 is 2.40 bits per heavy atom. The molecule has 0 saturated carbocycles. The number of rotatable bonds is 2. The number of aliphatic hydroxyl groups is 2. The largest absolute Gasteiger partial charge is 0.407 e. The molecule has 0 atom stereocenters. The first-order valence-electron chi connectivity index (χ1n) is 2.78. The van der Waals surface area contributed by atoms with Gasteiger partial charge in [0.15, 0.2) is 0 Å². The molecule has 0 bridgehead atoms. The van der Waals surface area contributed by atoms with Crippen molar-refractivity contribution in [1.82, 2.24) is 0 Å². The molecule has 4 nitrogen and oxygen atoms in total. The number of ether oxygens (including phenoxy) is 1. The lowest BCUT2D eigenvalue weighted by molar-refractivity contribution is -0.226. The second-order valence-electron chi connectivity index (χ2n) is 1.70. The Morgan fingerprint density at radius 1 is 1.60 bits per heavy atom. The van der Waals surface area contributed by atoms with E-state index < -0.39 is 12.4 Å². The summed E-state index contributed by atoms with van der Waals surface area (Å²) in [4.78, 5) is 10.6. The molecule has 0 saturated heterocycles. The highest BCUT2D eigenvalue weighted by Gasteiger charge is 2.07. The number of allylic oxidation sites excluding steroid dienone is 1. The summed E-state index contributed by atoms with van der Waals surface area (Å²) in [5.41, 5.74) is 0.341. The van der Waals surface area contributed by atoms with Crippen LogP contribution in [0.25, 0.3) is 0 Å². The predicted octanol–water partition coefficient (Wildman–Crippen LogP) is -0.236. The van der Waals surface area contributed by atoms with Crippen LogP contribution in [-0.2, 0) is 9.53 Å². The van der Waals surface area contributed by atoms with Crippen molar-refractivity contribution in [3.05, 3.63) is 11.6 Å². The summed E-state index contributed by atoms with van der Waals surface area (Å²) in [7, 11) is 0. The predicted molar refractivity (Wildman–Crippen MR) is 33.7 cm³/mol. The molecule has 0 spiro atoms. The second-order valence-corrected chi connectivity index (χ2v) is 1.70. The number of esters is 1. The highest BCUT2D eigenvalue weighted by atomic mass is 16.7. The van der Waals surface area contributed by atoms with E-state index in [1.165, 1.54) is 13.0 Å². The third-order valence-corrected chi connectivity index (χ3v) is 0.967. The number of carbonyl (C=O) groups is 1. The molecule has 0 rings (SSSR count). The lowest BCUT2D eigenvalue weighted by Gasteiger charge is -2.04. The fourth-order valence-electron chi connectivity index (χ4n) is 0.307. The van der Waals surface area contributed by atoms with E-state index in [9.17, 15) is 4.79 Å². The Labute approximate surface area is 58.7 Å². The van der Waals surface area contributed by atoms with Gasteiger partial charge in [0, 0.05) is 5.57 Å². The molecule has 0 unspecified atom stereocenters. The van der Waals surface area contributed by atoms with E-state index in [1.807, 2.05) is 0 Å². The van der Waals surface area contributed by atoms with Crippen molar-refractivity contribution in [2.75, 3.05) is 0 Å². The van der Waals surface area contributed by atoms with Crippen molar-refractivity contribution in [1.29, 1.82) is 0 Å². The molecule has 0 aromatic carbocycles. The topological polar surface area (TPSA) is 66.8 Å². The zero-order valence-corrected chi connectivity index (χ0v) is 5.87. The van der Waals surface area contributed by atoms with E-state index in [-0.39, 0.29) is 0 Å². The van der Waals surface area contributed by atoms with Gasteiger partial charge in [0.05, 0.1) is 0 Å². The van der Waals surface area contributed by atoms with Crippen LogP contribution >= 0.6 is 0 Å². The fourth-order valence-corrected chi connectivity index (χ4v) is 0.307. The molecular weight excluding hydrogens is 136 g/mol. The minimum Gasteiger partial charge on any atom is -0.407 e. The van der Waals surface area contributed by atoms with Crippen molar-refractivity contribution in [2.45, 2.75) is 20.3 Å². The number of hydrogen-bond acceptors (Lipinski definition) is 4. The summed E-state index contributed by atoms with van der Waals surface area (Å²) in [6.07, 6.45) is 1.52. The first-order chi connectivity index (χ1) is 4.57. The van der Waals surface area contributed by atoms with Gasteiger partial charge in [-0.25, -0.2) is 4.79 Å². The minimum absolute atomic E-state index is 0.341. The van der Waals surface area contributed by atoms with Crippen LogP contribution in [0.1, 0.15) is 13.8 Å². The van der Waals surface area contributed by atoms with Gasteiger partial charge < -0.3 is 14.9 Å². The number of carbonyl (C=O) groups excluding carboxylic acids is 1. The van der Waals surface area contributed by atoms with E-state index in [1.54, 1.807) is 6.92 Å². The summed E-state index contributed by atoms with van der Waals surface area (Å²) in [5, 5.41) is 16.3. The van der Waals surface area contributed by atoms with Gasteiger partial charge in [-0.2, -0.15) is 0 Å². The normalized spacial score (nSPS) is 11.9. The average Bonchev–Trinajstić information content (AvgIpc) is 1.85. The molecule has 0 aliphatic heterocycles. The van der Waals surface area contributed by atoms with Crippen LogP contribution in [0.5, 0.6) is 0 Å². The molecular formula is C6H10O4. The lowest BCUT2D eigenvalue weighted by atomic mass is 10.3. The monoisotopic (exact) mass is 146 g/mol. The number of aliphatic hydroxyl groups excluding tert-OH is 1. The quantitative estimate of drug-likeness (QED) is 0.320. The van der Waals surface area contributed by atoms with E-state index in [0.717, 1.165) is 0 Å². The van der Waals surface area contributed by atoms with E-state index in [2.05, 4.69) is 4.74 Å². The third-order valence-electron chi connectivity index (χ3n) is 0.967. The van der Waals surface area contributed by atoms with Crippen LogP contribution in [0.4, 0.5) is 0 Å². The van der Waals surface area contributed by atoms with Crippen LogP contribution in [0.3, 0.4) is 0 Å². The Morgan fingerprint density at radius 2 is 2.10 bits per heavy atom. The van der Waals surface area contributed by atoms with E-state index >= 15 is 0 Å². The van der Waals surface area contributed by atoms with E-state index in [4.69, 9.17) is 10.2 Å². The molecule has 0 radical (unpaired) electrons. The Bertz CT molecular complexity index is 148. The fraction of sp³-hybridized carbons (Fsp3) is 0.500. The Kier molecular flexibility index (Phi) is 3.68. The van der Waals surface area contributed by atoms with Gasteiger partial charge in [-0.05, 0) is 13.8 Å². The summed E-state index contributed by atoms with van der Waals surface area (Å²) in [6, 6.07) is 0. The Hall–Kier alpha value is -0.870. The maximum absolute atomic E-state index is 10.6. The van der Waals surface area contributed by atoms with Crippen LogP contribution in [-0.4, -0.2) is 22.7 Å². The molecule has 0 heterocycles. The summed E-state index contributed by atoms with van der Waals surface area (Å²) >= 11 is 0. The highest BCUT2D eigenvalue weighted by molar-refractivity contribution is 5.87. The zero-order chi connectivity index (χ0) is 8.15. The first-order valence-corrected chi connectivity index (χ1v) is 2.78. The molecule has 58 valence electrons. The van der Waals surface area contributed by atoms with Crippen LogP contribution in [0.15, 0.2) is 11.6 Å². The van der Waals surface area contributed by atoms with Gasteiger partial charge in [-0.3, -0.25) is 0 Å². The van der Waals surface area contributed by atoms with Crippen molar-refractivity contribution >= 4 is 5.97 Å². The molecule has 0 aromatic heterocycles. The molecule has 0 aliphatic rings. The van der Waals surface area contributed by atoms with Crippen molar-refractivity contribution in [3.8, 4) is 0 Å². The molecule has 0 aromatic rings. The van der Waals surface area contributed by atoms with Crippen molar-refractivity contribution < 1.29 is 19.7 Å². The maximum atomic E-state index is 10.6. The van der Waals surface area contributed by atoms with Gasteiger partial charge >= 0.3 is 12.4 Å². The first kappa shape index (κ1) is 9.13. The summed E-state index contributed by atoms with van der Waals surface area (Å²) in [6.45, 7) is 1.15. The van der Waals surface area contributed by atoms with Gasteiger partial charge in [-0.15, -0.1) is 0 Å². The molecule has 0 fully saturated rings. The van der Waals surface area contributed by atoms with Crippen LogP contribution in [0, 0.1) is 0 Å². The molecule has 0 amide bonds.